The lowest BCUT2D eigenvalue weighted by molar-refractivity contribution is 0.601. The van der Waals surface area contributed by atoms with Crippen molar-refractivity contribution in [1.82, 2.24) is 0 Å². The highest BCUT2D eigenvalue weighted by atomic mass is 35.5. The molecule has 3 rings (SSSR count). The second kappa shape index (κ2) is 4.76. The number of hydrogen-bond donors (Lipinski definition) is 0. The van der Waals surface area contributed by atoms with Crippen LogP contribution in [-0.4, -0.2) is 14.7 Å². The Morgan fingerprint density at radius 1 is 0.950 bits per heavy atom. The Morgan fingerprint density at radius 3 is 2.30 bits per heavy atom. The maximum Gasteiger partial charge on any atom is 0.175 e. The maximum atomic E-state index is 11.7. The van der Waals surface area contributed by atoms with Crippen molar-refractivity contribution in [2.24, 2.45) is 0 Å². The molecule has 0 fully saturated rings. The number of rotatable bonds is 1. The molecular weight excluding hydrogens is 292 g/mol. The Bertz CT molecular complexity index is 807. The minimum Gasteiger partial charge on any atom is -0.224 e. The highest BCUT2D eigenvalue weighted by molar-refractivity contribution is 7.90. The highest BCUT2D eigenvalue weighted by Crippen LogP contribution is 2.38. The molecule has 102 valence electrons. The minimum absolute atomic E-state index is 0.301. The zero-order valence-corrected chi connectivity index (χ0v) is 12.4. The van der Waals surface area contributed by atoms with Crippen molar-refractivity contribution in [3.05, 3.63) is 64.7 Å². The predicted octanol–water partition coefficient (Wildman–Crippen LogP) is 3.90. The minimum atomic E-state index is -3.23. The highest BCUT2D eigenvalue weighted by Gasteiger charge is 2.20. The van der Waals surface area contributed by atoms with Crippen LogP contribution in [0.5, 0.6) is 0 Å². The summed E-state index contributed by atoms with van der Waals surface area (Å²) in [5.41, 5.74) is 3.84. The Morgan fingerprint density at radius 2 is 1.60 bits per heavy atom. The summed E-state index contributed by atoms with van der Waals surface area (Å²) in [6, 6.07) is 13.0. The van der Waals surface area contributed by atoms with E-state index in [0.29, 0.717) is 4.90 Å². The summed E-state index contributed by atoms with van der Waals surface area (Å²) < 4.78 is 23.4. The van der Waals surface area contributed by atoms with E-state index in [1.165, 1.54) is 6.26 Å². The molecule has 0 amide bonds. The smallest absolute Gasteiger partial charge is 0.175 e. The molecular formula is C16H13ClO2S. The van der Waals surface area contributed by atoms with Gasteiger partial charge in [0.05, 0.1) is 10.3 Å². The third kappa shape index (κ3) is 2.28. The Balaban J connectivity index is 2.23. The van der Waals surface area contributed by atoms with Crippen LogP contribution in [0.15, 0.2) is 47.4 Å². The van der Waals surface area contributed by atoms with E-state index in [-0.39, 0.29) is 5.38 Å². The number of halogens is 1. The van der Waals surface area contributed by atoms with Crippen LogP contribution >= 0.6 is 11.6 Å². The van der Waals surface area contributed by atoms with Crippen molar-refractivity contribution in [3.8, 4) is 0 Å². The van der Waals surface area contributed by atoms with E-state index in [2.05, 4.69) is 0 Å². The number of hydrogen-bond acceptors (Lipinski definition) is 2. The normalized spacial score (nSPS) is 17.2. The first-order valence-electron chi connectivity index (χ1n) is 6.22. The Hall–Kier alpha value is -1.58. The lowest BCUT2D eigenvalue weighted by Gasteiger charge is -2.14. The van der Waals surface area contributed by atoms with Gasteiger partial charge in [0.2, 0.25) is 0 Å². The lowest BCUT2D eigenvalue weighted by Crippen LogP contribution is -2.02. The monoisotopic (exact) mass is 304 g/mol. The molecule has 2 nitrogen and oxygen atoms in total. The quantitative estimate of drug-likeness (QED) is 0.749. The van der Waals surface area contributed by atoms with Gasteiger partial charge < -0.3 is 0 Å². The number of alkyl halides is 1. The van der Waals surface area contributed by atoms with E-state index in [1.807, 2.05) is 42.5 Å². The van der Waals surface area contributed by atoms with E-state index < -0.39 is 9.84 Å². The summed E-state index contributed by atoms with van der Waals surface area (Å²) in [5, 5.41) is -0.349. The predicted molar refractivity (Wildman–Crippen MR) is 82.6 cm³/mol. The number of sulfone groups is 1. The molecule has 4 heteroatoms. The van der Waals surface area contributed by atoms with Gasteiger partial charge in [-0.3, -0.25) is 0 Å². The van der Waals surface area contributed by atoms with Crippen molar-refractivity contribution in [2.45, 2.75) is 10.3 Å². The van der Waals surface area contributed by atoms with Crippen molar-refractivity contribution < 1.29 is 8.42 Å². The molecule has 1 unspecified atom stereocenters. The molecule has 0 N–H and O–H groups in total. The Labute approximate surface area is 123 Å². The zero-order chi connectivity index (χ0) is 14.3. The first-order valence-corrected chi connectivity index (χ1v) is 8.55. The van der Waals surface area contributed by atoms with Crippen LogP contribution in [0.1, 0.15) is 27.6 Å². The molecule has 0 aliphatic heterocycles. The van der Waals surface area contributed by atoms with Crippen molar-refractivity contribution >= 4 is 33.6 Å². The van der Waals surface area contributed by atoms with Crippen molar-refractivity contribution in [1.29, 1.82) is 0 Å². The second-order valence-electron chi connectivity index (χ2n) is 4.89. The van der Waals surface area contributed by atoms with Crippen LogP contribution in [-0.2, 0) is 9.84 Å². The van der Waals surface area contributed by atoms with E-state index in [1.54, 1.807) is 12.1 Å². The molecule has 2 aromatic carbocycles. The van der Waals surface area contributed by atoms with Crippen LogP contribution in [0, 0.1) is 0 Å². The van der Waals surface area contributed by atoms with Crippen molar-refractivity contribution in [2.75, 3.05) is 6.26 Å². The first-order chi connectivity index (χ1) is 9.47. The fraction of sp³-hybridized carbons (Fsp3) is 0.125. The first kappa shape index (κ1) is 13.4. The van der Waals surface area contributed by atoms with Crippen LogP contribution in [0.2, 0.25) is 0 Å². The van der Waals surface area contributed by atoms with Gasteiger partial charge in [-0.15, -0.1) is 11.6 Å². The van der Waals surface area contributed by atoms with Crippen LogP contribution in [0.4, 0.5) is 0 Å². The van der Waals surface area contributed by atoms with E-state index in [4.69, 9.17) is 11.6 Å². The summed E-state index contributed by atoms with van der Waals surface area (Å²) in [7, 11) is -3.23. The molecule has 0 heterocycles. The third-order valence-electron chi connectivity index (χ3n) is 3.47. The van der Waals surface area contributed by atoms with Gasteiger partial charge >= 0.3 is 0 Å². The number of benzene rings is 2. The topological polar surface area (TPSA) is 34.1 Å². The van der Waals surface area contributed by atoms with Gasteiger partial charge in [0.15, 0.2) is 9.84 Å². The third-order valence-corrected chi connectivity index (χ3v) is 5.05. The van der Waals surface area contributed by atoms with Gasteiger partial charge in [0.25, 0.3) is 0 Å². The summed E-state index contributed by atoms with van der Waals surface area (Å²) in [4.78, 5) is 0.301. The summed E-state index contributed by atoms with van der Waals surface area (Å²) in [5.74, 6) is 0. The van der Waals surface area contributed by atoms with Gasteiger partial charge in [0.1, 0.15) is 0 Å². The van der Waals surface area contributed by atoms with Gasteiger partial charge in [0, 0.05) is 6.26 Å². The standard InChI is InChI=1S/C16H13ClO2S/c1-20(18,19)13-9-8-12-7-6-11-4-2-3-5-14(11)16(17)15(12)10-13/h2-10,16H,1H3. The molecule has 20 heavy (non-hydrogen) atoms. The largest absolute Gasteiger partial charge is 0.224 e. The Kier molecular flexibility index (Phi) is 3.19. The molecule has 0 radical (unpaired) electrons. The zero-order valence-electron chi connectivity index (χ0n) is 10.9. The molecule has 0 saturated carbocycles. The molecule has 2 aromatic rings. The molecule has 0 spiro atoms. The second-order valence-corrected chi connectivity index (χ2v) is 7.34. The van der Waals surface area contributed by atoms with Crippen molar-refractivity contribution in [3.63, 3.8) is 0 Å². The average Bonchev–Trinajstić information content (AvgIpc) is 2.56. The molecule has 0 bridgehead atoms. The molecule has 0 saturated heterocycles. The van der Waals surface area contributed by atoms with Crippen LogP contribution in [0.25, 0.3) is 12.2 Å². The molecule has 1 atom stereocenters. The van der Waals surface area contributed by atoms with E-state index >= 15 is 0 Å². The molecule has 0 aromatic heterocycles. The van der Waals surface area contributed by atoms with Gasteiger partial charge in [-0.05, 0) is 34.4 Å². The lowest BCUT2D eigenvalue weighted by atomic mass is 9.99. The average molecular weight is 305 g/mol. The molecule has 1 aliphatic rings. The fourth-order valence-corrected chi connectivity index (χ4v) is 3.44. The van der Waals surface area contributed by atoms with E-state index in [9.17, 15) is 8.42 Å². The van der Waals surface area contributed by atoms with Crippen LogP contribution in [0.3, 0.4) is 0 Å². The van der Waals surface area contributed by atoms with Gasteiger partial charge in [-0.25, -0.2) is 8.42 Å². The van der Waals surface area contributed by atoms with Gasteiger partial charge in [-0.1, -0.05) is 42.5 Å². The summed E-state index contributed by atoms with van der Waals surface area (Å²) >= 11 is 6.57. The van der Waals surface area contributed by atoms with Crippen LogP contribution < -0.4 is 0 Å². The SMILES string of the molecule is CS(=O)(=O)c1ccc2c(c1)C(Cl)c1ccccc1C=C2. The summed E-state index contributed by atoms with van der Waals surface area (Å²) in [6.07, 6.45) is 5.19. The maximum absolute atomic E-state index is 11.7. The fourth-order valence-electron chi connectivity index (χ4n) is 2.40. The number of fused-ring (bicyclic) bond motifs is 2. The van der Waals surface area contributed by atoms with Gasteiger partial charge in [-0.2, -0.15) is 0 Å². The van der Waals surface area contributed by atoms with E-state index in [0.717, 1.165) is 22.3 Å². The summed E-state index contributed by atoms with van der Waals surface area (Å²) in [6.45, 7) is 0. The molecule has 1 aliphatic carbocycles.